The Balaban J connectivity index is 1.53. The zero-order valence-electron chi connectivity index (χ0n) is 15.0. The number of alkyl halides is 3. The van der Waals surface area contributed by atoms with Gasteiger partial charge in [0, 0.05) is 0 Å². The monoisotopic (exact) mass is 460 g/mol. The average molecular weight is 461 g/mol. The zero-order chi connectivity index (χ0) is 21.7. The van der Waals surface area contributed by atoms with E-state index in [0.717, 1.165) is 30.0 Å². The maximum Gasteiger partial charge on any atom is 0.416 e. The van der Waals surface area contributed by atoms with E-state index in [4.69, 9.17) is 16.3 Å². The van der Waals surface area contributed by atoms with Gasteiger partial charge in [-0.15, -0.1) is 5.10 Å². The molecule has 1 amide bonds. The Hall–Kier alpha value is -2.79. The van der Waals surface area contributed by atoms with E-state index in [2.05, 4.69) is 20.5 Å². The molecule has 0 saturated carbocycles. The Morgan fingerprint density at radius 1 is 1.23 bits per heavy atom. The summed E-state index contributed by atoms with van der Waals surface area (Å²) in [6.45, 7) is -0.0689. The average Bonchev–Trinajstić information content (AvgIpc) is 3.14. The minimum atomic E-state index is -4.56. The van der Waals surface area contributed by atoms with Crippen LogP contribution in [0.25, 0.3) is 0 Å². The van der Waals surface area contributed by atoms with Gasteiger partial charge >= 0.3 is 6.18 Å². The van der Waals surface area contributed by atoms with Crippen molar-refractivity contribution in [1.82, 2.24) is 15.2 Å². The molecule has 6 nitrogen and oxygen atoms in total. The number of thioether (sulfide) groups is 1. The number of halogens is 5. The summed E-state index contributed by atoms with van der Waals surface area (Å²) < 4.78 is 57.2. The molecule has 158 valence electrons. The second-order valence-corrected chi connectivity index (χ2v) is 7.16. The number of benzene rings is 2. The number of hydrogen-bond acceptors (Lipinski definition) is 5. The van der Waals surface area contributed by atoms with Gasteiger partial charge in [0.1, 0.15) is 6.61 Å². The minimum absolute atomic E-state index is 0.0215. The van der Waals surface area contributed by atoms with Crippen molar-refractivity contribution in [3.05, 3.63) is 64.7 Å². The number of nitrogens with zero attached hydrogens (tertiary/aromatic N) is 2. The van der Waals surface area contributed by atoms with Crippen molar-refractivity contribution < 1.29 is 27.1 Å². The number of anilines is 1. The van der Waals surface area contributed by atoms with Gasteiger partial charge in [-0.3, -0.25) is 9.89 Å². The topological polar surface area (TPSA) is 79.9 Å². The van der Waals surface area contributed by atoms with E-state index >= 15 is 0 Å². The summed E-state index contributed by atoms with van der Waals surface area (Å²) in [5.41, 5.74) is -1.07. The molecule has 2 aromatic carbocycles. The Morgan fingerprint density at radius 3 is 2.73 bits per heavy atom. The molecule has 3 aromatic rings. The lowest BCUT2D eigenvalue weighted by Gasteiger charge is -2.11. The highest BCUT2D eigenvalue weighted by molar-refractivity contribution is 7.99. The molecule has 0 bridgehead atoms. The van der Waals surface area contributed by atoms with Crippen molar-refractivity contribution in [2.45, 2.75) is 17.9 Å². The molecule has 0 radical (unpaired) electrons. The summed E-state index contributed by atoms with van der Waals surface area (Å²) in [7, 11) is 0. The standard InChI is InChI=1S/C18H13ClF4N4O2S/c19-11-6-5-10(18(21,22)23)7-13(11)24-16(28)9-30-17-25-15(26-27-17)8-29-14-4-2-1-3-12(14)20/h1-7H,8-9H2,(H,24,28)(H,25,26,27). The number of amides is 1. The first-order valence-electron chi connectivity index (χ1n) is 8.30. The molecule has 0 aliphatic carbocycles. The number of hydrogen-bond donors (Lipinski definition) is 2. The SMILES string of the molecule is O=C(CSc1n[nH]c(COc2ccccc2F)n1)Nc1cc(C(F)(F)F)ccc1Cl. The van der Waals surface area contributed by atoms with Crippen molar-refractivity contribution >= 4 is 35.0 Å². The molecule has 3 rings (SSSR count). The second-order valence-electron chi connectivity index (χ2n) is 5.81. The summed E-state index contributed by atoms with van der Waals surface area (Å²) in [5.74, 6) is -0.910. The molecule has 0 fully saturated rings. The van der Waals surface area contributed by atoms with Crippen LogP contribution >= 0.6 is 23.4 Å². The third-order valence-corrected chi connectivity index (χ3v) is 4.79. The Bertz CT molecular complexity index is 1050. The fraction of sp³-hybridized carbons (Fsp3) is 0.167. The van der Waals surface area contributed by atoms with Crippen LogP contribution in [0.15, 0.2) is 47.6 Å². The van der Waals surface area contributed by atoms with E-state index in [1.165, 1.54) is 18.2 Å². The quantitative estimate of drug-likeness (QED) is 0.386. The molecule has 30 heavy (non-hydrogen) atoms. The molecule has 0 aliphatic rings. The molecule has 12 heteroatoms. The zero-order valence-corrected chi connectivity index (χ0v) is 16.5. The van der Waals surface area contributed by atoms with Crippen LogP contribution < -0.4 is 10.1 Å². The van der Waals surface area contributed by atoms with Crippen LogP contribution in [0.2, 0.25) is 5.02 Å². The van der Waals surface area contributed by atoms with Gasteiger partial charge in [0.05, 0.1) is 22.0 Å². The second kappa shape index (κ2) is 9.35. The molecule has 0 aliphatic heterocycles. The van der Waals surface area contributed by atoms with E-state index in [1.807, 2.05) is 0 Å². The van der Waals surface area contributed by atoms with Crippen LogP contribution in [0.5, 0.6) is 5.75 Å². The molecule has 2 N–H and O–H groups in total. The van der Waals surface area contributed by atoms with Gasteiger partial charge in [0.15, 0.2) is 17.4 Å². The van der Waals surface area contributed by atoms with Crippen molar-refractivity contribution in [3.8, 4) is 5.75 Å². The van der Waals surface area contributed by atoms with E-state index in [0.29, 0.717) is 5.82 Å². The number of nitrogens with one attached hydrogen (secondary N) is 2. The Labute approximate surface area is 177 Å². The molecule has 0 spiro atoms. The van der Waals surface area contributed by atoms with Crippen LogP contribution in [-0.4, -0.2) is 26.8 Å². The third-order valence-electron chi connectivity index (χ3n) is 3.61. The fourth-order valence-electron chi connectivity index (χ4n) is 2.23. The first-order chi connectivity index (χ1) is 14.2. The van der Waals surface area contributed by atoms with Gasteiger partial charge < -0.3 is 10.1 Å². The van der Waals surface area contributed by atoms with Crippen LogP contribution in [0.4, 0.5) is 23.2 Å². The Kier molecular flexibility index (Phi) is 6.83. The maximum absolute atomic E-state index is 13.5. The maximum atomic E-state index is 13.5. The molecule has 0 saturated heterocycles. The van der Waals surface area contributed by atoms with E-state index in [9.17, 15) is 22.4 Å². The fourth-order valence-corrected chi connectivity index (χ4v) is 3.01. The number of ether oxygens (including phenoxy) is 1. The number of aromatic nitrogens is 3. The van der Waals surface area contributed by atoms with Crippen molar-refractivity contribution in [3.63, 3.8) is 0 Å². The largest absolute Gasteiger partial charge is 0.483 e. The molecule has 0 atom stereocenters. The number of para-hydroxylation sites is 1. The number of carbonyl (C=O) groups is 1. The van der Waals surface area contributed by atoms with Crippen LogP contribution in [0.1, 0.15) is 11.4 Å². The molecule has 1 heterocycles. The molecular weight excluding hydrogens is 448 g/mol. The highest BCUT2D eigenvalue weighted by Crippen LogP contribution is 2.33. The van der Waals surface area contributed by atoms with E-state index in [1.54, 1.807) is 6.07 Å². The molecule has 0 unspecified atom stereocenters. The third kappa shape index (κ3) is 5.86. The summed E-state index contributed by atoms with van der Waals surface area (Å²) in [6.07, 6.45) is -4.56. The van der Waals surface area contributed by atoms with Gasteiger partial charge in [-0.1, -0.05) is 35.5 Å². The van der Waals surface area contributed by atoms with E-state index in [-0.39, 0.29) is 34.0 Å². The van der Waals surface area contributed by atoms with Gasteiger partial charge in [-0.05, 0) is 30.3 Å². The van der Waals surface area contributed by atoms with Crippen molar-refractivity contribution in [1.29, 1.82) is 0 Å². The van der Waals surface area contributed by atoms with Crippen molar-refractivity contribution in [2.75, 3.05) is 11.1 Å². The molecular formula is C18H13ClF4N4O2S. The predicted molar refractivity (Wildman–Crippen MR) is 103 cm³/mol. The summed E-state index contributed by atoms with van der Waals surface area (Å²) in [6, 6.07) is 8.51. The van der Waals surface area contributed by atoms with E-state index < -0.39 is 23.5 Å². The van der Waals surface area contributed by atoms with Crippen LogP contribution in [-0.2, 0) is 17.6 Å². The highest BCUT2D eigenvalue weighted by atomic mass is 35.5. The van der Waals surface area contributed by atoms with Gasteiger partial charge in [-0.2, -0.15) is 13.2 Å². The van der Waals surface area contributed by atoms with Crippen LogP contribution in [0.3, 0.4) is 0 Å². The van der Waals surface area contributed by atoms with Gasteiger partial charge in [-0.25, -0.2) is 9.37 Å². The smallest absolute Gasteiger partial charge is 0.416 e. The predicted octanol–water partition coefficient (Wildman–Crippen LogP) is 4.93. The first-order valence-corrected chi connectivity index (χ1v) is 9.67. The van der Waals surface area contributed by atoms with Crippen LogP contribution in [0, 0.1) is 5.82 Å². The van der Waals surface area contributed by atoms with Gasteiger partial charge in [0.25, 0.3) is 0 Å². The number of carbonyl (C=O) groups excluding carboxylic acids is 1. The number of rotatable bonds is 7. The first kappa shape index (κ1) is 21.9. The summed E-state index contributed by atoms with van der Waals surface area (Å²) in [4.78, 5) is 16.1. The molecule has 1 aromatic heterocycles. The van der Waals surface area contributed by atoms with Crippen molar-refractivity contribution in [2.24, 2.45) is 0 Å². The lowest BCUT2D eigenvalue weighted by atomic mass is 10.2. The lowest BCUT2D eigenvalue weighted by Crippen LogP contribution is -2.15. The van der Waals surface area contributed by atoms with Gasteiger partial charge in [0.2, 0.25) is 11.1 Å². The number of H-pyrrole nitrogens is 1. The minimum Gasteiger partial charge on any atom is -0.483 e. The Morgan fingerprint density at radius 2 is 2.00 bits per heavy atom. The lowest BCUT2D eigenvalue weighted by molar-refractivity contribution is -0.137. The normalized spacial score (nSPS) is 11.4. The summed E-state index contributed by atoms with van der Waals surface area (Å²) >= 11 is 6.80. The summed E-state index contributed by atoms with van der Waals surface area (Å²) in [5, 5.41) is 9.01. The highest BCUT2D eigenvalue weighted by Gasteiger charge is 2.31. The number of aromatic amines is 1.